The Balaban J connectivity index is 2.64. The number of esters is 1. The van der Waals surface area contributed by atoms with Gasteiger partial charge in [-0.05, 0) is 19.1 Å². The van der Waals surface area contributed by atoms with Crippen LogP contribution in [-0.4, -0.2) is 12.6 Å². The largest absolute Gasteiger partial charge is 0.460 e. The van der Waals surface area contributed by atoms with Gasteiger partial charge in [-0.3, -0.25) is 0 Å². The number of anilines is 1. The molecule has 0 aliphatic carbocycles. The fourth-order valence-electron chi connectivity index (χ4n) is 1.49. The fourth-order valence-corrected chi connectivity index (χ4v) is 2.02. The molecule has 0 atom stereocenters. The molecule has 0 saturated carbocycles. The summed E-state index contributed by atoms with van der Waals surface area (Å²) in [6, 6.07) is 3.10. The van der Waals surface area contributed by atoms with E-state index in [2.05, 4.69) is 0 Å². The lowest BCUT2D eigenvalue weighted by Gasteiger charge is -1.97. The van der Waals surface area contributed by atoms with Gasteiger partial charge in [-0.25, -0.2) is 4.79 Å². The van der Waals surface area contributed by atoms with Crippen LogP contribution in [0.5, 0.6) is 0 Å². The predicted octanol–water partition coefficient (Wildman–Crippen LogP) is 3.50. The van der Waals surface area contributed by atoms with E-state index in [-0.39, 0.29) is 18.1 Å². The second-order valence-electron chi connectivity index (χ2n) is 3.33. The first-order valence-electron chi connectivity index (χ1n) is 4.88. The normalized spacial score (nSPS) is 10.8. The smallest absolute Gasteiger partial charge is 0.376 e. The molecule has 0 amide bonds. The van der Waals surface area contributed by atoms with Crippen molar-refractivity contribution in [2.24, 2.45) is 0 Å². The van der Waals surface area contributed by atoms with Crippen molar-refractivity contribution in [3.8, 4) is 0 Å². The topological polar surface area (TPSA) is 65.5 Å². The molecule has 1 aromatic heterocycles. The Morgan fingerprint density at radius 2 is 2.18 bits per heavy atom. The third-order valence-electron chi connectivity index (χ3n) is 2.21. The molecule has 0 aliphatic rings. The quantitative estimate of drug-likeness (QED) is 0.851. The number of hydrogen-bond acceptors (Lipinski definition) is 4. The van der Waals surface area contributed by atoms with Gasteiger partial charge in [-0.2, -0.15) is 0 Å². The van der Waals surface area contributed by atoms with Gasteiger partial charge in [-0.15, -0.1) is 0 Å². The number of fused-ring (bicyclic) bond motifs is 1. The Labute approximate surface area is 107 Å². The van der Waals surface area contributed by atoms with Crippen LogP contribution in [-0.2, 0) is 4.74 Å². The lowest BCUT2D eigenvalue weighted by Crippen LogP contribution is -2.05. The summed E-state index contributed by atoms with van der Waals surface area (Å²) >= 11 is 11.8. The van der Waals surface area contributed by atoms with Gasteiger partial charge in [0.2, 0.25) is 5.76 Å². The van der Waals surface area contributed by atoms with E-state index in [1.807, 2.05) is 0 Å². The maximum atomic E-state index is 11.6. The maximum absolute atomic E-state index is 11.6. The lowest BCUT2D eigenvalue weighted by molar-refractivity contribution is 0.0494. The first-order valence-corrected chi connectivity index (χ1v) is 5.64. The molecular formula is C11H9Cl2NO3. The highest BCUT2D eigenvalue weighted by Crippen LogP contribution is 2.35. The second-order valence-corrected chi connectivity index (χ2v) is 4.17. The van der Waals surface area contributed by atoms with E-state index in [1.54, 1.807) is 13.0 Å². The summed E-state index contributed by atoms with van der Waals surface area (Å²) in [6.45, 7) is 1.93. The van der Waals surface area contributed by atoms with Crippen molar-refractivity contribution in [2.45, 2.75) is 6.92 Å². The Morgan fingerprint density at radius 1 is 1.47 bits per heavy atom. The molecule has 2 N–H and O–H groups in total. The minimum atomic E-state index is -0.617. The van der Waals surface area contributed by atoms with Crippen LogP contribution in [0.2, 0.25) is 10.0 Å². The molecule has 0 spiro atoms. The number of ether oxygens (including phenoxy) is 1. The maximum Gasteiger partial charge on any atom is 0.376 e. The van der Waals surface area contributed by atoms with Crippen LogP contribution in [0.1, 0.15) is 17.5 Å². The molecule has 0 aliphatic heterocycles. The van der Waals surface area contributed by atoms with Crippen molar-refractivity contribution in [1.29, 1.82) is 0 Å². The monoisotopic (exact) mass is 273 g/mol. The zero-order valence-corrected chi connectivity index (χ0v) is 10.4. The Bertz CT molecular complexity index is 592. The van der Waals surface area contributed by atoms with Gasteiger partial charge in [0.15, 0.2) is 5.58 Å². The molecule has 2 rings (SSSR count). The molecular weight excluding hydrogens is 265 g/mol. The Hall–Kier alpha value is -1.39. The van der Waals surface area contributed by atoms with E-state index >= 15 is 0 Å². The summed E-state index contributed by atoms with van der Waals surface area (Å²) in [5, 5.41) is 1.23. The van der Waals surface area contributed by atoms with E-state index in [4.69, 9.17) is 38.1 Å². The van der Waals surface area contributed by atoms with Crippen LogP contribution >= 0.6 is 23.2 Å². The van der Waals surface area contributed by atoms with E-state index < -0.39 is 5.97 Å². The average Bonchev–Trinajstić information content (AvgIpc) is 2.57. The number of nitrogens with two attached hydrogens (primary N) is 1. The fraction of sp³-hybridized carbons (Fsp3) is 0.182. The molecule has 2 aromatic rings. The molecule has 0 unspecified atom stereocenters. The standard InChI is InChI=1S/C11H9Cl2NO3/c1-2-16-11(15)10-8(14)6-3-5(12)4-7(13)9(6)17-10/h3-4H,2,14H2,1H3. The number of carbonyl (C=O) groups excluding carboxylic acids is 1. The number of carbonyl (C=O) groups is 1. The van der Waals surface area contributed by atoms with E-state index in [1.165, 1.54) is 6.07 Å². The SMILES string of the molecule is CCOC(=O)c1oc2c(Cl)cc(Cl)cc2c1N. The molecule has 0 saturated heterocycles. The van der Waals surface area contributed by atoms with Crippen molar-refractivity contribution in [1.82, 2.24) is 0 Å². The summed E-state index contributed by atoms with van der Waals surface area (Å²) in [7, 11) is 0. The van der Waals surface area contributed by atoms with Gasteiger partial charge in [0.1, 0.15) is 0 Å². The van der Waals surface area contributed by atoms with Crippen LogP contribution in [0.25, 0.3) is 11.0 Å². The average molecular weight is 274 g/mol. The molecule has 4 nitrogen and oxygen atoms in total. The predicted molar refractivity (Wildman–Crippen MR) is 66.6 cm³/mol. The van der Waals surface area contributed by atoms with Crippen molar-refractivity contribution >= 4 is 45.8 Å². The summed E-state index contributed by atoms with van der Waals surface area (Å²) in [5.74, 6) is -0.667. The summed E-state index contributed by atoms with van der Waals surface area (Å²) in [5.41, 5.74) is 6.31. The lowest BCUT2D eigenvalue weighted by atomic mass is 10.2. The minimum absolute atomic E-state index is 0.0500. The van der Waals surface area contributed by atoms with Crippen LogP contribution < -0.4 is 5.73 Å². The molecule has 17 heavy (non-hydrogen) atoms. The van der Waals surface area contributed by atoms with Crippen molar-refractivity contribution in [2.75, 3.05) is 12.3 Å². The van der Waals surface area contributed by atoms with Crippen molar-refractivity contribution in [3.63, 3.8) is 0 Å². The number of hydrogen-bond donors (Lipinski definition) is 1. The molecule has 0 bridgehead atoms. The van der Waals surface area contributed by atoms with Crippen molar-refractivity contribution < 1.29 is 13.9 Å². The number of halogens is 2. The Kier molecular flexibility index (Phi) is 3.17. The molecule has 6 heteroatoms. The molecule has 1 aromatic carbocycles. The third-order valence-corrected chi connectivity index (χ3v) is 2.71. The number of furan rings is 1. The second kappa shape index (κ2) is 4.47. The molecule has 90 valence electrons. The van der Waals surface area contributed by atoms with Crippen LogP contribution in [0.3, 0.4) is 0 Å². The van der Waals surface area contributed by atoms with Crippen LogP contribution in [0.15, 0.2) is 16.5 Å². The first-order chi connectivity index (χ1) is 8.04. The van der Waals surface area contributed by atoms with Gasteiger partial charge in [0.05, 0.1) is 17.3 Å². The highest BCUT2D eigenvalue weighted by atomic mass is 35.5. The first kappa shape index (κ1) is 12.1. The Morgan fingerprint density at radius 3 is 2.82 bits per heavy atom. The van der Waals surface area contributed by atoms with Crippen LogP contribution in [0.4, 0.5) is 5.69 Å². The van der Waals surface area contributed by atoms with Crippen molar-refractivity contribution in [3.05, 3.63) is 27.9 Å². The molecule has 0 fully saturated rings. The molecule has 0 radical (unpaired) electrons. The zero-order valence-electron chi connectivity index (χ0n) is 8.92. The van der Waals surface area contributed by atoms with E-state index in [0.717, 1.165) is 0 Å². The van der Waals surface area contributed by atoms with Gasteiger partial charge < -0.3 is 14.9 Å². The molecule has 1 heterocycles. The van der Waals surface area contributed by atoms with E-state index in [0.29, 0.717) is 21.0 Å². The minimum Gasteiger partial charge on any atom is -0.460 e. The number of nitrogen functional groups attached to an aromatic ring is 1. The highest BCUT2D eigenvalue weighted by molar-refractivity contribution is 6.38. The van der Waals surface area contributed by atoms with Gasteiger partial charge in [0, 0.05) is 10.4 Å². The zero-order chi connectivity index (χ0) is 12.6. The number of rotatable bonds is 2. The third kappa shape index (κ3) is 2.06. The highest BCUT2D eigenvalue weighted by Gasteiger charge is 2.21. The van der Waals surface area contributed by atoms with E-state index in [9.17, 15) is 4.79 Å². The van der Waals surface area contributed by atoms with Crippen LogP contribution in [0, 0.1) is 0 Å². The number of benzene rings is 1. The van der Waals surface area contributed by atoms with Gasteiger partial charge in [-0.1, -0.05) is 23.2 Å². The summed E-state index contributed by atoms with van der Waals surface area (Å²) < 4.78 is 10.1. The van der Waals surface area contributed by atoms with Gasteiger partial charge >= 0.3 is 5.97 Å². The summed E-state index contributed by atoms with van der Waals surface area (Å²) in [6.07, 6.45) is 0. The summed E-state index contributed by atoms with van der Waals surface area (Å²) in [4.78, 5) is 11.6. The van der Waals surface area contributed by atoms with Gasteiger partial charge in [0.25, 0.3) is 0 Å².